The predicted octanol–water partition coefficient (Wildman–Crippen LogP) is 2.92. The maximum atomic E-state index is 10.6. The first-order chi connectivity index (χ1) is 11.8. The lowest BCUT2D eigenvalue weighted by Gasteiger charge is -2.00. The lowest BCUT2D eigenvalue weighted by molar-refractivity contribution is 0.474. The molecule has 0 heterocycles. The summed E-state index contributed by atoms with van der Waals surface area (Å²) in [7, 11) is 0. The van der Waals surface area contributed by atoms with Gasteiger partial charge in [0.1, 0.15) is 11.4 Å². The number of nitroso groups, excluding NO2 is 1. The number of aromatic hydroxyl groups is 1. The van der Waals surface area contributed by atoms with E-state index in [2.05, 4.69) is 20.5 Å². The third-order valence-electron chi connectivity index (χ3n) is 3.27. The molecule has 24 heavy (non-hydrogen) atoms. The molecule has 0 amide bonds. The molecule has 0 unspecified atom stereocenters. The van der Waals surface area contributed by atoms with E-state index in [0.717, 1.165) is 18.7 Å². The van der Waals surface area contributed by atoms with Crippen molar-refractivity contribution in [1.29, 1.82) is 0 Å². The van der Waals surface area contributed by atoms with Crippen LogP contribution in [0.3, 0.4) is 0 Å². The molecule has 0 atom stereocenters. The number of phenolic OH excluding ortho intramolecular Hbond substituents is 1. The molecule has 0 aliphatic carbocycles. The highest BCUT2D eigenvalue weighted by molar-refractivity contribution is 5.86. The number of nitrogens with zero attached hydrogens (tertiary/aromatic N) is 3. The summed E-state index contributed by atoms with van der Waals surface area (Å²) in [5.41, 5.74) is 1.83. The van der Waals surface area contributed by atoms with E-state index in [1.165, 1.54) is 0 Å². The summed E-state index contributed by atoms with van der Waals surface area (Å²) < 4.78 is 0. The van der Waals surface area contributed by atoms with Crippen molar-refractivity contribution in [2.75, 3.05) is 26.2 Å². The first-order valence-corrected chi connectivity index (χ1v) is 7.72. The average Bonchev–Trinajstić information content (AvgIpc) is 2.62. The normalized spacial score (nSPS) is 11.3. The molecule has 0 bridgehead atoms. The Bertz CT molecular complexity index is 714. The number of hydrogen-bond acceptors (Lipinski definition) is 6. The highest BCUT2D eigenvalue weighted by atomic mass is 16.3. The molecule has 0 aliphatic heterocycles. The van der Waals surface area contributed by atoms with Gasteiger partial charge in [-0.15, -0.1) is 4.91 Å². The van der Waals surface area contributed by atoms with Gasteiger partial charge in [-0.2, -0.15) is 0 Å². The quantitative estimate of drug-likeness (QED) is 0.422. The number of aliphatic imine (C=N–C) groups is 2. The third kappa shape index (κ3) is 5.73. The lowest BCUT2D eigenvalue weighted by Crippen LogP contribution is -2.20. The van der Waals surface area contributed by atoms with Gasteiger partial charge in [0, 0.05) is 36.6 Å². The zero-order valence-corrected chi connectivity index (χ0v) is 13.3. The Balaban J connectivity index is 1.62. The summed E-state index contributed by atoms with van der Waals surface area (Å²) in [6, 6.07) is 14.2. The summed E-state index contributed by atoms with van der Waals surface area (Å²) in [5, 5.41) is 15.8. The van der Waals surface area contributed by atoms with Crippen LogP contribution in [0.15, 0.2) is 63.7 Å². The van der Waals surface area contributed by atoms with E-state index < -0.39 is 0 Å². The topological polar surface area (TPSA) is 86.4 Å². The van der Waals surface area contributed by atoms with Gasteiger partial charge in [-0.1, -0.05) is 30.3 Å². The minimum absolute atomic E-state index is 0.230. The third-order valence-corrected chi connectivity index (χ3v) is 3.27. The molecule has 2 aromatic rings. The molecule has 2 N–H and O–H groups in total. The van der Waals surface area contributed by atoms with Crippen LogP contribution < -0.4 is 5.32 Å². The minimum Gasteiger partial charge on any atom is -0.507 e. The van der Waals surface area contributed by atoms with Gasteiger partial charge in [0.25, 0.3) is 0 Å². The smallest absolute Gasteiger partial charge is 0.124 e. The number of benzene rings is 2. The van der Waals surface area contributed by atoms with E-state index in [-0.39, 0.29) is 5.75 Å². The molecule has 0 spiro atoms. The molecule has 0 saturated heterocycles. The molecule has 0 fully saturated rings. The van der Waals surface area contributed by atoms with E-state index >= 15 is 0 Å². The van der Waals surface area contributed by atoms with Gasteiger partial charge >= 0.3 is 0 Å². The standard InChI is InChI=1S/C18H20N4O2/c23-18-8-4-2-6-16(18)14-21-12-10-19-9-11-20-13-15-5-1-3-7-17(15)22-24/h1-8,13-14,19,23H,9-12H2/b20-13-,21-14-. The summed E-state index contributed by atoms with van der Waals surface area (Å²) in [4.78, 5) is 19.2. The summed E-state index contributed by atoms with van der Waals surface area (Å²) in [6.07, 6.45) is 3.33. The van der Waals surface area contributed by atoms with Crippen molar-refractivity contribution < 1.29 is 5.11 Å². The highest BCUT2D eigenvalue weighted by Gasteiger charge is 1.97. The molecule has 6 heteroatoms. The highest BCUT2D eigenvalue weighted by Crippen LogP contribution is 2.15. The first-order valence-electron chi connectivity index (χ1n) is 7.72. The maximum absolute atomic E-state index is 10.6. The number of rotatable bonds is 9. The fraction of sp³-hybridized carbons (Fsp3) is 0.222. The van der Waals surface area contributed by atoms with Crippen molar-refractivity contribution in [3.05, 3.63) is 64.6 Å². The van der Waals surface area contributed by atoms with Crippen LogP contribution in [0, 0.1) is 4.91 Å². The monoisotopic (exact) mass is 324 g/mol. The SMILES string of the molecule is O=Nc1ccccc1/C=N\CCNCC/N=C\c1ccccc1O. The molecule has 6 nitrogen and oxygen atoms in total. The van der Waals surface area contributed by atoms with Gasteiger partial charge in [0.2, 0.25) is 0 Å². The second-order valence-electron chi connectivity index (χ2n) is 5.03. The Labute approximate surface area is 141 Å². The van der Waals surface area contributed by atoms with Crippen molar-refractivity contribution >= 4 is 18.1 Å². The Morgan fingerprint density at radius 1 is 0.875 bits per heavy atom. The fourth-order valence-corrected chi connectivity index (χ4v) is 2.01. The van der Waals surface area contributed by atoms with Crippen molar-refractivity contribution in [3.63, 3.8) is 0 Å². The Kier molecular flexibility index (Phi) is 7.30. The van der Waals surface area contributed by atoms with Gasteiger partial charge in [0.15, 0.2) is 0 Å². The molecule has 0 aliphatic rings. The zero-order chi connectivity index (χ0) is 17.0. The lowest BCUT2D eigenvalue weighted by atomic mass is 10.2. The van der Waals surface area contributed by atoms with Gasteiger partial charge in [-0.05, 0) is 23.4 Å². The van der Waals surface area contributed by atoms with E-state index in [1.54, 1.807) is 42.8 Å². The van der Waals surface area contributed by atoms with Gasteiger partial charge < -0.3 is 10.4 Å². The van der Waals surface area contributed by atoms with Crippen LogP contribution >= 0.6 is 0 Å². The van der Waals surface area contributed by atoms with Crippen molar-refractivity contribution in [1.82, 2.24) is 5.32 Å². The van der Waals surface area contributed by atoms with E-state index in [9.17, 15) is 10.0 Å². The molecule has 2 rings (SSSR count). The summed E-state index contributed by atoms with van der Waals surface area (Å²) >= 11 is 0. The molecular weight excluding hydrogens is 304 g/mol. The Hall–Kier alpha value is -2.86. The number of nitrogens with one attached hydrogen (secondary N) is 1. The van der Waals surface area contributed by atoms with Crippen molar-refractivity contribution in [3.8, 4) is 5.75 Å². The molecule has 0 radical (unpaired) electrons. The zero-order valence-electron chi connectivity index (χ0n) is 13.3. The van der Waals surface area contributed by atoms with E-state index in [1.807, 2.05) is 18.2 Å². The minimum atomic E-state index is 0.230. The first kappa shape index (κ1) is 17.5. The van der Waals surface area contributed by atoms with E-state index in [0.29, 0.717) is 24.3 Å². The van der Waals surface area contributed by atoms with Crippen LogP contribution in [-0.2, 0) is 0 Å². The van der Waals surface area contributed by atoms with Crippen molar-refractivity contribution in [2.24, 2.45) is 15.2 Å². The van der Waals surface area contributed by atoms with Gasteiger partial charge in [0.05, 0.1) is 13.1 Å². The Morgan fingerprint density at radius 3 is 2.12 bits per heavy atom. The Morgan fingerprint density at radius 2 is 1.46 bits per heavy atom. The van der Waals surface area contributed by atoms with Crippen LogP contribution in [0.25, 0.3) is 0 Å². The number of phenols is 1. The molecule has 0 saturated carbocycles. The number of hydrogen-bond donors (Lipinski definition) is 2. The van der Waals surface area contributed by atoms with Crippen LogP contribution in [0.5, 0.6) is 5.75 Å². The summed E-state index contributed by atoms with van der Waals surface area (Å²) in [5.74, 6) is 0.230. The van der Waals surface area contributed by atoms with Gasteiger partial charge in [-0.3, -0.25) is 9.98 Å². The summed E-state index contributed by atoms with van der Waals surface area (Å²) in [6.45, 7) is 2.68. The second-order valence-corrected chi connectivity index (χ2v) is 5.03. The van der Waals surface area contributed by atoms with E-state index in [4.69, 9.17) is 0 Å². The largest absolute Gasteiger partial charge is 0.507 e. The maximum Gasteiger partial charge on any atom is 0.124 e. The van der Waals surface area contributed by atoms with Crippen LogP contribution in [0.2, 0.25) is 0 Å². The fourth-order valence-electron chi connectivity index (χ4n) is 2.01. The molecule has 0 aromatic heterocycles. The second kappa shape index (κ2) is 10.0. The van der Waals surface area contributed by atoms with Crippen LogP contribution in [-0.4, -0.2) is 43.7 Å². The van der Waals surface area contributed by atoms with Crippen molar-refractivity contribution in [2.45, 2.75) is 0 Å². The molecular formula is C18H20N4O2. The van der Waals surface area contributed by atoms with Gasteiger partial charge in [-0.25, -0.2) is 0 Å². The van der Waals surface area contributed by atoms with Crippen LogP contribution in [0.1, 0.15) is 11.1 Å². The predicted molar refractivity (Wildman–Crippen MR) is 97.8 cm³/mol. The number of para-hydroxylation sites is 1. The average molecular weight is 324 g/mol. The van der Waals surface area contributed by atoms with Crippen LogP contribution in [0.4, 0.5) is 5.69 Å². The molecule has 124 valence electrons. The molecule has 2 aromatic carbocycles.